The molecule has 1 aliphatic heterocycles. The molecule has 3 aromatic rings. The lowest BCUT2D eigenvalue weighted by Gasteiger charge is -2.51. The number of amides is 1. The molecule has 0 radical (unpaired) electrons. The first-order chi connectivity index (χ1) is 14.2. The number of para-hydroxylation sites is 1. The van der Waals surface area contributed by atoms with Crippen molar-refractivity contribution in [2.45, 2.75) is 43.3 Å². The lowest BCUT2D eigenvalue weighted by molar-refractivity contribution is -0.117. The van der Waals surface area contributed by atoms with Crippen LogP contribution in [0.4, 0.5) is 5.69 Å². The number of aromatic nitrogens is 2. The summed E-state index contributed by atoms with van der Waals surface area (Å²) in [7, 11) is 1.95. The third-order valence-electron chi connectivity index (χ3n) is 5.96. The number of nitrogens with zero attached hydrogens (tertiary/aromatic N) is 3. The van der Waals surface area contributed by atoms with Crippen molar-refractivity contribution in [3.05, 3.63) is 76.5 Å². The fourth-order valence-electron chi connectivity index (χ4n) is 4.73. The Labute approximate surface area is 190 Å². The van der Waals surface area contributed by atoms with Gasteiger partial charge in [0, 0.05) is 40.6 Å². The molecule has 4 nitrogen and oxygen atoms in total. The fraction of sp³-hybridized carbons (Fsp3) is 0.333. The van der Waals surface area contributed by atoms with Crippen molar-refractivity contribution >= 4 is 39.3 Å². The second-order valence-corrected chi connectivity index (χ2v) is 10.5. The van der Waals surface area contributed by atoms with Crippen LogP contribution in [0.25, 0.3) is 0 Å². The normalized spacial score (nSPS) is 20.1. The van der Waals surface area contributed by atoms with E-state index in [1.165, 1.54) is 22.9 Å². The number of hydrogen-bond donors (Lipinski definition) is 0. The quantitative estimate of drug-likeness (QED) is 0.440. The Morgan fingerprint density at radius 3 is 2.50 bits per heavy atom. The van der Waals surface area contributed by atoms with Crippen molar-refractivity contribution in [1.29, 1.82) is 0 Å². The number of thioether (sulfide) groups is 1. The summed E-state index contributed by atoms with van der Waals surface area (Å²) >= 11 is 5.03. The van der Waals surface area contributed by atoms with E-state index in [1.54, 1.807) is 6.20 Å². The standard InChI is InChI=1S/C24H26BrN3OS/c1-23(2)16-24(3,17-9-11-18(25)12-10-17)19-7-5-6-8-20(19)28(23)21(29)15-30-22-26-13-14-27(22)4/h5-14H,15-16H2,1-4H3/t24-/m1/s1. The van der Waals surface area contributed by atoms with Gasteiger partial charge in [-0.2, -0.15) is 0 Å². The van der Waals surface area contributed by atoms with Crippen molar-refractivity contribution in [2.24, 2.45) is 7.05 Å². The summed E-state index contributed by atoms with van der Waals surface area (Å²) in [6.07, 6.45) is 4.50. The maximum Gasteiger partial charge on any atom is 0.237 e. The Morgan fingerprint density at radius 1 is 1.13 bits per heavy atom. The second kappa shape index (κ2) is 7.89. The second-order valence-electron chi connectivity index (χ2n) is 8.68. The molecule has 4 rings (SSSR count). The largest absolute Gasteiger partial charge is 0.329 e. The summed E-state index contributed by atoms with van der Waals surface area (Å²) in [5.41, 5.74) is 2.96. The third kappa shape index (κ3) is 3.71. The molecule has 2 heterocycles. The van der Waals surface area contributed by atoms with E-state index in [0.29, 0.717) is 5.75 Å². The first kappa shape index (κ1) is 21.2. The molecule has 1 aliphatic rings. The van der Waals surface area contributed by atoms with Gasteiger partial charge in [-0.15, -0.1) is 0 Å². The molecular weight excluding hydrogens is 458 g/mol. The summed E-state index contributed by atoms with van der Waals surface area (Å²) < 4.78 is 3.01. The predicted molar refractivity (Wildman–Crippen MR) is 127 cm³/mol. The Kier molecular flexibility index (Phi) is 5.58. The van der Waals surface area contributed by atoms with Gasteiger partial charge in [-0.3, -0.25) is 4.79 Å². The first-order valence-electron chi connectivity index (χ1n) is 10.0. The Morgan fingerprint density at radius 2 is 1.83 bits per heavy atom. The molecular formula is C24H26BrN3OS. The van der Waals surface area contributed by atoms with Gasteiger partial charge >= 0.3 is 0 Å². The Bertz CT molecular complexity index is 1080. The van der Waals surface area contributed by atoms with E-state index >= 15 is 0 Å². The highest BCUT2D eigenvalue weighted by Gasteiger charge is 2.47. The first-order valence-corrected chi connectivity index (χ1v) is 11.8. The summed E-state index contributed by atoms with van der Waals surface area (Å²) in [6.45, 7) is 6.63. The number of hydrogen-bond acceptors (Lipinski definition) is 3. The number of carbonyl (C=O) groups excluding carboxylic acids is 1. The summed E-state index contributed by atoms with van der Waals surface area (Å²) in [4.78, 5) is 19.8. The van der Waals surface area contributed by atoms with Gasteiger partial charge in [-0.1, -0.05) is 64.9 Å². The highest BCUT2D eigenvalue weighted by molar-refractivity contribution is 9.10. The molecule has 0 saturated carbocycles. The average molecular weight is 484 g/mol. The minimum atomic E-state index is -0.324. The molecule has 0 saturated heterocycles. The van der Waals surface area contributed by atoms with Crippen LogP contribution >= 0.6 is 27.7 Å². The molecule has 2 aromatic carbocycles. The number of fused-ring (bicyclic) bond motifs is 1. The molecule has 1 atom stereocenters. The van der Waals surface area contributed by atoms with Crippen LogP contribution in [0.2, 0.25) is 0 Å². The van der Waals surface area contributed by atoms with Crippen LogP contribution in [0.3, 0.4) is 0 Å². The Hall–Kier alpha value is -2.05. The van der Waals surface area contributed by atoms with Crippen molar-refractivity contribution in [2.75, 3.05) is 10.7 Å². The average Bonchev–Trinajstić information content (AvgIpc) is 3.11. The Balaban J connectivity index is 1.72. The molecule has 0 N–H and O–H groups in total. The predicted octanol–water partition coefficient (Wildman–Crippen LogP) is 5.80. The van der Waals surface area contributed by atoms with Crippen LogP contribution in [0.15, 0.2) is 70.6 Å². The van der Waals surface area contributed by atoms with Crippen molar-refractivity contribution < 1.29 is 4.79 Å². The zero-order chi connectivity index (χ0) is 21.5. The van der Waals surface area contributed by atoms with E-state index < -0.39 is 0 Å². The van der Waals surface area contributed by atoms with E-state index in [0.717, 1.165) is 21.7 Å². The monoisotopic (exact) mass is 483 g/mol. The molecule has 0 spiro atoms. The molecule has 0 fully saturated rings. The van der Waals surface area contributed by atoms with Gasteiger partial charge in [0.25, 0.3) is 0 Å². The smallest absolute Gasteiger partial charge is 0.237 e. The molecule has 1 amide bonds. The summed E-state index contributed by atoms with van der Waals surface area (Å²) in [5, 5.41) is 0.853. The van der Waals surface area contributed by atoms with Gasteiger partial charge in [0.15, 0.2) is 5.16 Å². The van der Waals surface area contributed by atoms with E-state index in [4.69, 9.17) is 0 Å². The van der Waals surface area contributed by atoms with Gasteiger partial charge in [0.2, 0.25) is 5.91 Å². The zero-order valence-corrected chi connectivity index (χ0v) is 20.1. The van der Waals surface area contributed by atoms with E-state index in [1.807, 2.05) is 28.8 Å². The SMILES string of the molecule is Cn1ccnc1SCC(=O)N1c2ccccc2[C@@](C)(c2ccc(Br)cc2)CC1(C)C. The number of anilines is 1. The molecule has 0 bridgehead atoms. The molecule has 1 aromatic heterocycles. The van der Waals surface area contributed by atoms with E-state index in [-0.39, 0.29) is 16.9 Å². The summed E-state index contributed by atoms with van der Waals surface area (Å²) in [5.74, 6) is 0.468. The highest BCUT2D eigenvalue weighted by atomic mass is 79.9. The molecule has 30 heavy (non-hydrogen) atoms. The number of aryl methyl sites for hydroxylation is 1. The minimum Gasteiger partial charge on any atom is -0.329 e. The highest BCUT2D eigenvalue weighted by Crippen LogP contribution is 2.50. The maximum absolute atomic E-state index is 13.4. The number of rotatable bonds is 4. The van der Waals surface area contributed by atoms with Gasteiger partial charge in [0.05, 0.1) is 5.75 Å². The van der Waals surface area contributed by atoms with Crippen molar-refractivity contribution in [3.63, 3.8) is 0 Å². The van der Waals surface area contributed by atoms with E-state index in [9.17, 15) is 4.79 Å². The van der Waals surface area contributed by atoms with Crippen molar-refractivity contribution in [1.82, 2.24) is 9.55 Å². The molecule has 6 heteroatoms. The van der Waals surface area contributed by atoms with Crippen LogP contribution in [-0.2, 0) is 17.3 Å². The minimum absolute atomic E-state index is 0.110. The van der Waals surface area contributed by atoms with Gasteiger partial charge in [-0.25, -0.2) is 4.98 Å². The fourth-order valence-corrected chi connectivity index (χ4v) is 5.78. The number of halogens is 1. The third-order valence-corrected chi connectivity index (χ3v) is 7.53. The zero-order valence-electron chi connectivity index (χ0n) is 17.7. The molecule has 0 aliphatic carbocycles. The number of carbonyl (C=O) groups is 1. The van der Waals surface area contributed by atoms with Gasteiger partial charge in [-0.05, 0) is 49.6 Å². The van der Waals surface area contributed by atoms with Crippen LogP contribution < -0.4 is 4.90 Å². The van der Waals surface area contributed by atoms with Gasteiger partial charge < -0.3 is 9.47 Å². The van der Waals surface area contributed by atoms with Gasteiger partial charge in [0.1, 0.15) is 0 Å². The lowest BCUT2D eigenvalue weighted by Crippen LogP contribution is -2.56. The van der Waals surface area contributed by atoms with Crippen molar-refractivity contribution in [3.8, 4) is 0 Å². The molecule has 0 unspecified atom stereocenters. The van der Waals surface area contributed by atoms with E-state index in [2.05, 4.69) is 84.1 Å². The van der Waals surface area contributed by atoms with Crippen LogP contribution in [-0.4, -0.2) is 26.8 Å². The van der Waals surface area contributed by atoms with Crippen LogP contribution in [0.5, 0.6) is 0 Å². The number of imidazole rings is 1. The lowest BCUT2D eigenvalue weighted by atomic mass is 9.65. The maximum atomic E-state index is 13.4. The van der Waals surface area contributed by atoms with Crippen LogP contribution in [0, 0.1) is 0 Å². The van der Waals surface area contributed by atoms with Crippen LogP contribution in [0.1, 0.15) is 38.3 Å². The molecule has 156 valence electrons. The summed E-state index contributed by atoms with van der Waals surface area (Å²) in [6, 6.07) is 16.9. The topological polar surface area (TPSA) is 38.1 Å². The number of benzene rings is 2.